The topological polar surface area (TPSA) is 72.0 Å². The van der Waals surface area contributed by atoms with Crippen molar-refractivity contribution in [3.8, 4) is 0 Å². The number of hydrogen-bond acceptors (Lipinski definition) is 6. The largest absolute Gasteiger partial charge is 0.296 e. The number of thioether (sulfide) groups is 1. The molecule has 0 saturated heterocycles. The Morgan fingerprint density at radius 3 is 2.63 bits per heavy atom. The van der Waals surface area contributed by atoms with Crippen LogP contribution < -0.4 is 5.32 Å². The van der Waals surface area contributed by atoms with Crippen molar-refractivity contribution >= 4 is 55.9 Å². The van der Waals surface area contributed by atoms with Gasteiger partial charge >= 0.3 is 0 Å². The maximum atomic E-state index is 12.4. The number of halogens is 1. The van der Waals surface area contributed by atoms with Gasteiger partial charge in [-0.15, -0.1) is 10.2 Å². The molecule has 0 bridgehead atoms. The number of rotatable bonds is 6. The zero-order valence-electron chi connectivity index (χ0n) is 14.7. The molecule has 0 radical (unpaired) electrons. The van der Waals surface area contributed by atoms with Crippen molar-refractivity contribution in [1.29, 1.82) is 0 Å². The molecular formula is C19H16BrN3O2S2. The number of carbonyl (C=O) groups excluding carboxylic acids is 2. The Balaban J connectivity index is 1.60. The highest BCUT2D eigenvalue weighted by Gasteiger charge is 2.15. The molecule has 27 heavy (non-hydrogen) atoms. The summed E-state index contributed by atoms with van der Waals surface area (Å²) in [6.45, 7) is 3.94. The van der Waals surface area contributed by atoms with E-state index >= 15 is 0 Å². The fourth-order valence-electron chi connectivity index (χ4n) is 2.46. The summed E-state index contributed by atoms with van der Waals surface area (Å²) in [7, 11) is 0. The minimum atomic E-state index is -0.262. The van der Waals surface area contributed by atoms with Gasteiger partial charge in [-0.3, -0.25) is 14.9 Å². The van der Waals surface area contributed by atoms with Crippen LogP contribution in [0.15, 0.2) is 51.3 Å². The molecule has 0 aliphatic rings. The van der Waals surface area contributed by atoms with Crippen LogP contribution in [0.2, 0.25) is 0 Å². The Morgan fingerprint density at radius 1 is 1.11 bits per heavy atom. The van der Waals surface area contributed by atoms with Crippen LogP contribution in [0.1, 0.15) is 31.8 Å². The quantitative estimate of drug-likeness (QED) is 0.312. The lowest BCUT2D eigenvalue weighted by Crippen LogP contribution is -2.12. The first-order valence-electron chi connectivity index (χ1n) is 8.06. The van der Waals surface area contributed by atoms with E-state index in [-0.39, 0.29) is 17.4 Å². The molecule has 1 heterocycles. The minimum absolute atomic E-state index is 0.0477. The zero-order chi connectivity index (χ0) is 19.4. The number of hydrogen-bond donors (Lipinski definition) is 1. The van der Waals surface area contributed by atoms with E-state index in [9.17, 15) is 9.59 Å². The number of aryl methyl sites for hydroxylation is 2. The maximum absolute atomic E-state index is 12.4. The van der Waals surface area contributed by atoms with E-state index < -0.39 is 0 Å². The van der Waals surface area contributed by atoms with Gasteiger partial charge in [0, 0.05) is 10.0 Å². The molecule has 1 N–H and O–H groups in total. The van der Waals surface area contributed by atoms with E-state index in [1.54, 1.807) is 18.2 Å². The Labute approximate surface area is 173 Å². The van der Waals surface area contributed by atoms with E-state index in [1.807, 2.05) is 38.1 Å². The van der Waals surface area contributed by atoms with Crippen molar-refractivity contribution in [3.05, 3.63) is 69.2 Å². The highest BCUT2D eigenvalue weighted by atomic mass is 79.9. The van der Waals surface area contributed by atoms with Crippen LogP contribution in [0.25, 0.3) is 0 Å². The summed E-state index contributed by atoms with van der Waals surface area (Å²) >= 11 is 5.92. The summed E-state index contributed by atoms with van der Waals surface area (Å²) in [5.41, 5.74) is 3.34. The third kappa shape index (κ3) is 5.03. The number of nitrogens with one attached hydrogen (secondary N) is 1. The minimum Gasteiger partial charge on any atom is -0.296 e. The Kier molecular flexibility index (Phi) is 6.41. The van der Waals surface area contributed by atoms with Crippen LogP contribution in [0.3, 0.4) is 0 Å². The zero-order valence-corrected chi connectivity index (χ0v) is 17.9. The molecule has 3 rings (SSSR count). The molecule has 0 saturated carbocycles. The van der Waals surface area contributed by atoms with Gasteiger partial charge in [0.05, 0.1) is 11.3 Å². The molecule has 138 valence electrons. The van der Waals surface area contributed by atoms with E-state index in [4.69, 9.17) is 0 Å². The highest BCUT2D eigenvalue weighted by Crippen LogP contribution is 2.27. The van der Waals surface area contributed by atoms with Crippen molar-refractivity contribution in [2.24, 2.45) is 0 Å². The average molecular weight is 462 g/mol. The molecule has 0 aliphatic carbocycles. The molecule has 1 aromatic heterocycles. The smallest absolute Gasteiger partial charge is 0.258 e. The molecule has 0 fully saturated rings. The van der Waals surface area contributed by atoms with Gasteiger partial charge in [0.2, 0.25) is 5.13 Å². The summed E-state index contributed by atoms with van der Waals surface area (Å²) < 4.78 is 1.34. The Bertz CT molecular complexity index is 1000. The van der Waals surface area contributed by atoms with E-state index in [0.717, 1.165) is 16.7 Å². The second-order valence-corrected chi connectivity index (χ2v) is 8.89. The van der Waals surface area contributed by atoms with Gasteiger partial charge in [-0.25, -0.2) is 0 Å². The van der Waals surface area contributed by atoms with Crippen molar-refractivity contribution in [2.75, 3.05) is 11.1 Å². The monoisotopic (exact) mass is 461 g/mol. The predicted octanol–water partition coefficient (Wildman–Crippen LogP) is 5.14. The molecule has 0 atom stereocenters. The van der Waals surface area contributed by atoms with Crippen molar-refractivity contribution in [1.82, 2.24) is 10.2 Å². The second kappa shape index (κ2) is 8.77. The molecule has 0 aliphatic heterocycles. The molecule has 3 aromatic rings. The number of Topliss-reactive ketones (excluding diaryl/α,β-unsaturated/α-hetero) is 1. The molecule has 1 amide bonds. The van der Waals surface area contributed by atoms with Crippen LogP contribution in [0.5, 0.6) is 0 Å². The molecule has 2 aromatic carbocycles. The summed E-state index contributed by atoms with van der Waals surface area (Å²) in [6, 6.07) is 12.9. The lowest BCUT2D eigenvalue weighted by molar-refractivity contribution is 0.101. The first-order valence-corrected chi connectivity index (χ1v) is 10.7. The van der Waals surface area contributed by atoms with Crippen LogP contribution in [-0.2, 0) is 0 Å². The van der Waals surface area contributed by atoms with Crippen molar-refractivity contribution in [3.63, 3.8) is 0 Å². The first kappa shape index (κ1) is 19.7. The first-order chi connectivity index (χ1) is 12.9. The van der Waals surface area contributed by atoms with E-state index in [1.165, 1.54) is 23.1 Å². The number of nitrogens with zero attached hydrogens (tertiary/aromatic N) is 2. The predicted molar refractivity (Wildman–Crippen MR) is 113 cm³/mol. The van der Waals surface area contributed by atoms with Crippen molar-refractivity contribution in [2.45, 2.75) is 18.2 Å². The molecule has 5 nitrogen and oxygen atoms in total. The standard InChI is InChI=1S/C19H16BrN3O2S2/c1-11-7-8-13(12(2)9-11)16(24)10-26-19-23-22-18(27-19)21-17(25)14-5-3-4-6-15(14)20/h3-9H,10H2,1-2H3,(H,21,22,25). The third-order valence-electron chi connectivity index (χ3n) is 3.75. The van der Waals surface area contributed by atoms with Gasteiger partial charge in [0.15, 0.2) is 10.1 Å². The fourth-order valence-corrected chi connectivity index (χ4v) is 4.56. The number of carbonyl (C=O) groups is 2. The SMILES string of the molecule is Cc1ccc(C(=O)CSc2nnc(NC(=O)c3ccccc3Br)s2)c(C)c1. The van der Waals surface area contributed by atoms with Gasteiger partial charge in [-0.1, -0.05) is 59.0 Å². The van der Waals surface area contributed by atoms with E-state index in [0.29, 0.717) is 19.5 Å². The van der Waals surface area contributed by atoms with E-state index in [2.05, 4.69) is 31.4 Å². The van der Waals surface area contributed by atoms with Crippen LogP contribution >= 0.6 is 39.0 Å². The van der Waals surface area contributed by atoms with Gasteiger partial charge in [-0.2, -0.15) is 0 Å². The lowest BCUT2D eigenvalue weighted by atomic mass is 10.0. The van der Waals surface area contributed by atoms with Crippen LogP contribution in [-0.4, -0.2) is 27.6 Å². The second-order valence-electron chi connectivity index (χ2n) is 5.84. The summed E-state index contributed by atoms with van der Waals surface area (Å²) in [5.74, 6) is 0.0597. The molecule has 8 heteroatoms. The average Bonchev–Trinajstić information content (AvgIpc) is 3.07. The summed E-state index contributed by atoms with van der Waals surface area (Å²) in [5, 5.41) is 11.2. The lowest BCUT2D eigenvalue weighted by Gasteiger charge is -2.05. The molecule has 0 unspecified atom stereocenters. The number of aromatic nitrogens is 2. The van der Waals surface area contributed by atoms with Gasteiger partial charge in [0.1, 0.15) is 0 Å². The number of amides is 1. The fraction of sp³-hybridized carbons (Fsp3) is 0.158. The molecular weight excluding hydrogens is 446 g/mol. The number of benzene rings is 2. The van der Waals surface area contributed by atoms with Crippen molar-refractivity contribution < 1.29 is 9.59 Å². The maximum Gasteiger partial charge on any atom is 0.258 e. The van der Waals surface area contributed by atoms with Gasteiger partial charge in [0.25, 0.3) is 5.91 Å². The normalized spacial score (nSPS) is 10.6. The molecule has 0 spiro atoms. The number of anilines is 1. The van der Waals surface area contributed by atoms with Gasteiger partial charge < -0.3 is 0 Å². The Hall–Kier alpha value is -2.03. The van der Waals surface area contributed by atoms with Crippen LogP contribution in [0.4, 0.5) is 5.13 Å². The van der Waals surface area contributed by atoms with Gasteiger partial charge in [-0.05, 0) is 47.5 Å². The Morgan fingerprint density at radius 2 is 1.89 bits per heavy atom. The van der Waals surface area contributed by atoms with Crippen LogP contribution in [0, 0.1) is 13.8 Å². The highest BCUT2D eigenvalue weighted by molar-refractivity contribution is 9.10. The third-order valence-corrected chi connectivity index (χ3v) is 6.42. The number of ketones is 1. The summed E-state index contributed by atoms with van der Waals surface area (Å²) in [4.78, 5) is 24.7. The summed E-state index contributed by atoms with van der Waals surface area (Å²) in [6.07, 6.45) is 0.